The molecule has 3 aliphatic rings. The molecule has 222 valence electrons. The molecule has 3 fully saturated rings. The Morgan fingerprint density at radius 2 is 1.90 bits per heavy atom. The Hall–Kier alpha value is -3.47. The minimum atomic E-state index is -1.32. The lowest BCUT2D eigenvalue weighted by molar-refractivity contribution is -0.155. The Kier molecular flexibility index (Phi) is 8.86. The molecule has 10 heteroatoms. The van der Waals surface area contributed by atoms with Gasteiger partial charge in [0.05, 0.1) is 44.3 Å². The van der Waals surface area contributed by atoms with E-state index in [0.29, 0.717) is 29.8 Å². The van der Waals surface area contributed by atoms with Crippen LogP contribution in [0.3, 0.4) is 0 Å². The molecule has 0 saturated carbocycles. The SMILES string of the molecule is C=CCCOC(=O)[C@H]1[C@H]2C(=O)N([C@H](CO)c3ccccc3)C(C(=O)N(CC=C)c3ccc(OC)cc3)C23CC(Br)[C@@H]1O3. The number of carbonyl (C=O) groups excluding carboxylic acids is 3. The van der Waals surface area contributed by atoms with Crippen molar-refractivity contribution in [2.45, 2.75) is 41.5 Å². The number of fused-ring (bicyclic) bond motifs is 1. The maximum absolute atomic E-state index is 14.8. The maximum atomic E-state index is 14.8. The van der Waals surface area contributed by atoms with E-state index in [0.717, 1.165) is 0 Å². The van der Waals surface area contributed by atoms with E-state index in [1.807, 2.05) is 18.2 Å². The Bertz CT molecular complexity index is 1340. The molecule has 7 atom stereocenters. The van der Waals surface area contributed by atoms with Crippen LogP contribution in [0.2, 0.25) is 0 Å². The van der Waals surface area contributed by atoms with Crippen molar-refractivity contribution in [1.82, 2.24) is 4.90 Å². The number of likely N-dealkylation sites (tertiary alicyclic amines) is 1. The predicted molar refractivity (Wildman–Crippen MR) is 160 cm³/mol. The Morgan fingerprint density at radius 3 is 2.52 bits per heavy atom. The summed E-state index contributed by atoms with van der Waals surface area (Å²) in [5, 5.41) is 10.7. The average molecular weight is 640 g/mol. The zero-order valence-electron chi connectivity index (χ0n) is 23.4. The highest BCUT2D eigenvalue weighted by Gasteiger charge is 2.77. The van der Waals surface area contributed by atoms with E-state index in [4.69, 9.17) is 14.2 Å². The van der Waals surface area contributed by atoms with Gasteiger partial charge in [-0.2, -0.15) is 0 Å². The van der Waals surface area contributed by atoms with Gasteiger partial charge in [0.1, 0.15) is 17.4 Å². The number of benzene rings is 2. The van der Waals surface area contributed by atoms with Crippen molar-refractivity contribution in [1.29, 1.82) is 0 Å². The number of hydrogen-bond acceptors (Lipinski definition) is 7. The second kappa shape index (κ2) is 12.4. The van der Waals surface area contributed by atoms with Crippen molar-refractivity contribution in [2.75, 3.05) is 31.8 Å². The third-order valence-electron chi connectivity index (χ3n) is 8.45. The number of carbonyl (C=O) groups is 3. The summed E-state index contributed by atoms with van der Waals surface area (Å²) in [4.78, 5) is 45.4. The summed E-state index contributed by atoms with van der Waals surface area (Å²) in [6.45, 7) is 7.38. The fraction of sp³-hybridized carbons (Fsp3) is 0.406. The first kappa shape index (κ1) is 30.0. The smallest absolute Gasteiger partial charge is 0.312 e. The van der Waals surface area contributed by atoms with E-state index in [2.05, 4.69) is 29.1 Å². The first-order chi connectivity index (χ1) is 20.3. The quantitative estimate of drug-likeness (QED) is 0.163. The van der Waals surface area contributed by atoms with Crippen molar-refractivity contribution in [3.8, 4) is 5.75 Å². The Balaban J connectivity index is 1.62. The predicted octanol–water partition coefficient (Wildman–Crippen LogP) is 3.82. The summed E-state index contributed by atoms with van der Waals surface area (Å²) in [5.74, 6) is -2.60. The number of hydrogen-bond donors (Lipinski definition) is 1. The van der Waals surface area contributed by atoms with Gasteiger partial charge in [-0.25, -0.2) is 0 Å². The fourth-order valence-corrected chi connectivity index (χ4v) is 7.62. The Labute approximate surface area is 253 Å². The van der Waals surface area contributed by atoms with Gasteiger partial charge in [0, 0.05) is 17.1 Å². The number of anilines is 1. The molecule has 0 aliphatic carbocycles. The summed E-state index contributed by atoms with van der Waals surface area (Å²) in [6.07, 6.45) is 3.41. The maximum Gasteiger partial charge on any atom is 0.312 e. The highest BCUT2D eigenvalue weighted by atomic mass is 79.9. The number of amides is 2. The first-order valence-corrected chi connectivity index (χ1v) is 14.9. The summed E-state index contributed by atoms with van der Waals surface area (Å²) < 4.78 is 17.4. The number of alkyl halides is 1. The van der Waals surface area contributed by atoms with Crippen LogP contribution in [0.5, 0.6) is 5.75 Å². The number of aliphatic hydroxyl groups excluding tert-OH is 1. The minimum absolute atomic E-state index is 0.131. The van der Waals surface area contributed by atoms with Crippen LogP contribution in [0.4, 0.5) is 5.69 Å². The van der Waals surface area contributed by atoms with E-state index in [1.165, 1.54) is 4.90 Å². The largest absolute Gasteiger partial charge is 0.497 e. The topological polar surface area (TPSA) is 106 Å². The lowest BCUT2D eigenvalue weighted by Crippen LogP contribution is -2.57. The second-order valence-electron chi connectivity index (χ2n) is 10.7. The molecule has 3 saturated heterocycles. The van der Waals surface area contributed by atoms with Crippen LogP contribution >= 0.6 is 15.9 Å². The van der Waals surface area contributed by atoms with E-state index in [9.17, 15) is 19.5 Å². The normalized spacial score (nSPS) is 28.2. The fourth-order valence-electron chi connectivity index (χ4n) is 6.68. The molecule has 1 N–H and O–H groups in total. The van der Waals surface area contributed by atoms with E-state index in [1.54, 1.807) is 60.6 Å². The molecule has 3 aliphatic heterocycles. The number of methoxy groups -OCH3 is 1. The number of esters is 1. The van der Waals surface area contributed by atoms with E-state index in [-0.39, 0.29) is 18.0 Å². The Morgan fingerprint density at radius 1 is 1.19 bits per heavy atom. The van der Waals surface area contributed by atoms with Crippen molar-refractivity contribution >= 4 is 39.4 Å². The van der Waals surface area contributed by atoms with Gasteiger partial charge in [0.25, 0.3) is 5.91 Å². The number of aliphatic hydroxyl groups is 1. The lowest BCUT2D eigenvalue weighted by Gasteiger charge is -2.39. The van der Waals surface area contributed by atoms with Crippen molar-refractivity contribution in [3.05, 3.63) is 85.5 Å². The van der Waals surface area contributed by atoms with Gasteiger partial charge >= 0.3 is 5.97 Å². The van der Waals surface area contributed by atoms with Crippen LogP contribution < -0.4 is 9.64 Å². The molecular weight excluding hydrogens is 604 g/mol. The van der Waals surface area contributed by atoms with Gasteiger partial charge in [0.2, 0.25) is 5.91 Å². The summed E-state index contributed by atoms with van der Waals surface area (Å²) >= 11 is 3.68. The van der Waals surface area contributed by atoms with Gasteiger partial charge in [-0.3, -0.25) is 14.4 Å². The highest BCUT2D eigenvalue weighted by Crippen LogP contribution is 2.61. The third-order valence-corrected chi connectivity index (χ3v) is 9.30. The second-order valence-corrected chi connectivity index (χ2v) is 11.9. The van der Waals surface area contributed by atoms with E-state index < -0.39 is 60.0 Å². The summed E-state index contributed by atoms with van der Waals surface area (Å²) in [6, 6.07) is 14.1. The summed E-state index contributed by atoms with van der Waals surface area (Å²) in [7, 11) is 1.56. The van der Waals surface area contributed by atoms with Crippen LogP contribution in [-0.2, 0) is 23.9 Å². The third kappa shape index (κ3) is 4.95. The van der Waals surface area contributed by atoms with Crippen LogP contribution in [0.25, 0.3) is 0 Å². The monoisotopic (exact) mass is 638 g/mol. The molecule has 0 radical (unpaired) electrons. The standard InChI is InChI=1S/C32H35BrN2O7/c1-4-6-17-41-31(39)25-26-29(37)35(24(19-36)20-10-8-7-9-11-20)28(32(26)18-23(33)27(25)42-32)30(38)34(16-5-2)21-12-14-22(40-3)15-13-21/h4-5,7-15,23-28,36H,1-2,6,16-19H2,3H3/t23?,24-,25+,26+,27+,28?,32?/m1/s1. The molecule has 3 heterocycles. The van der Waals surface area contributed by atoms with E-state index >= 15 is 0 Å². The average Bonchev–Trinajstić information content (AvgIpc) is 3.60. The number of nitrogens with zero attached hydrogens (tertiary/aromatic N) is 2. The van der Waals surface area contributed by atoms with Crippen LogP contribution in [-0.4, -0.2) is 77.2 Å². The van der Waals surface area contributed by atoms with Crippen molar-refractivity contribution in [2.24, 2.45) is 11.8 Å². The summed E-state index contributed by atoms with van der Waals surface area (Å²) in [5.41, 5.74) is -0.0720. The van der Waals surface area contributed by atoms with Gasteiger partial charge in [0.15, 0.2) is 0 Å². The van der Waals surface area contributed by atoms with Gasteiger partial charge in [-0.1, -0.05) is 58.4 Å². The zero-order chi connectivity index (χ0) is 30.0. The first-order valence-electron chi connectivity index (χ1n) is 14.0. The van der Waals surface area contributed by atoms with Gasteiger partial charge in [-0.05, 0) is 42.7 Å². The zero-order valence-corrected chi connectivity index (χ0v) is 25.0. The number of ether oxygens (including phenoxy) is 3. The molecule has 2 aromatic carbocycles. The van der Waals surface area contributed by atoms with Crippen molar-refractivity contribution < 1.29 is 33.7 Å². The van der Waals surface area contributed by atoms with Gasteiger partial charge in [-0.15, -0.1) is 13.2 Å². The molecule has 0 aromatic heterocycles. The molecule has 5 rings (SSSR count). The molecule has 42 heavy (non-hydrogen) atoms. The molecule has 9 nitrogen and oxygen atoms in total. The molecule has 2 aromatic rings. The van der Waals surface area contributed by atoms with Crippen LogP contribution in [0.1, 0.15) is 24.4 Å². The number of rotatable bonds is 12. The minimum Gasteiger partial charge on any atom is -0.497 e. The van der Waals surface area contributed by atoms with Crippen molar-refractivity contribution in [3.63, 3.8) is 0 Å². The molecule has 1 spiro atoms. The van der Waals surface area contributed by atoms with Crippen LogP contribution in [0.15, 0.2) is 79.9 Å². The molecule has 2 bridgehead atoms. The molecule has 2 amide bonds. The number of halogens is 1. The highest BCUT2D eigenvalue weighted by molar-refractivity contribution is 9.09. The lowest BCUT2D eigenvalue weighted by atomic mass is 9.70. The van der Waals surface area contributed by atoms with Crippen LogP contribution in [0, 0.1) is 11.8 Å². The van der Waals surface area contributed by atoms with Gasteiger partial charge < -0.3 is 29.1 Å². The molecule has 3 unspecified atom stereocenters. The molecular formula is C32H35BrN2O7.